The molecule has 0 spiro atoms. The van der Waals surface area contributed by atoms with Crippen LogP contribution in [0.5, 0.6) is 0 Å². The number of fused-ring (bicyclic) bond motifs is 1. The summed E-state index contributed by atoms with van der Waals surface area (Å²) in [5, 5.41) is 7.14. The molecule has 29 heavy (non-hydrogen) atoms. The average molecular weight is 426 g/mol. The Morgan fingerprint density at radius 3 is 2.83 bits per heavy atom. The predicted molar refractivity (Wildman–Crippen MR) is 115 cm³/mol. The summed E-state index contributed by atoms with van der Waals surface area (Å²) in [7, 11) is 0. The summed E-state index contributed by atoms with van der Waals surface area (Å²) in [5.41, 5.74) is 3.38. The third-order valence-corrected chi connectivity index (χ3v) is 6.50. The van der Waals surface area contributed by atoms with Crippen LogP contribution in [0.2, 0.25) is 5.02 Å². The lowest BCUT2D eigenvalue weighted by molar-refractivity contribution is 0.0423. The maximum atomic E-state index is 13.3. The molecule has 1 aromatic heterocycles. The Bertz CT molecular complexity index is 1030. The van der Waals surface area contributed by atoms with Crippen LogP contribution in [0, 0.1) is 0 Å². The first-order valence-corrected chi connectivity index (χ1v) is 10.9. The van der Waals surface area contributed by atoms with Crippen LogP contribution in [0.1, 0.15) is 35.1 Å². The number of carbonyl (C=O) groups is 1. The van der Waals surface area contributed by atoms with E-state index in [0.29, 0.717) is 17.1 Å². The predicted octanol–water partition coefficient (Wildman–Crippen LogP) is 5.21. The molecule has 1 N–H and O–H groups in total. The molecular formula is C22H20ClN3O2S. The van der Waals surface area contributed by atoms with E-state index in [4.69, 9.17) is 21.3 Å². The highest BCUT2D eigenvalue weighted by molar-refractivity contribution is 7.13. The van der Waals surface area contributed by atoms with Crippen molar-refractivity contribution in [3.8, 4) is 10.6 Å². The van der Waals surface area contributed by atoms with Gasteiger partial charge in [0, 0.05) is 34.8 Å². The number of rotatable bonds is 4. The lowest BCUT2D eigenvalue weighted by Gasteiger charge is -2.38. The number of thiazole rings is 1. The smallest absolute Gasteiger partial charge is 0.257 e. The van der Waals surface area contributed by atoms with Crippen LogP contribution in [-0.4, -0.2) is 35.0 Å². The Hall–Kier alpha value is -2.41. The summed E-state index contributed by atoms with van der Waals surface area (Å²) in [6, 6.07) is 15.3. The number of halogens is 1. The van der Waals surface area contributed by atoms with Crippen LogP contribution >= 0.6 is 22.9 Å². The van der Waals surface area contributed by atoms with Crippen LogP contribution in [-0.2, 0) is 4.74 Å². The van der Waals surface area contributed by atoms with Crippen LogP contribution in [0.4, 0.5) is 5.69 Å². The molecule has 2 atom stereocenters. The van der Waals surface area contributed by atoms with Crippen molar-refractivity contribution in [1.29, 1.82) is 0 Å². The van der Waals surface area contributed by atoms with Gasteiger partial charge in [0.1, 0.15) is 11.2 Å². The van der Waals surface area contributed by atoms with Crippen LogP contribution in [0.3, 0.4) is 0 Å². The maximum absolute atomic E-state index is 13.3. The highest BCUT2D eigenvalue weighted by Crippen LogP contribution is 2.36. The number of amides is 1. The van der Waals surface area contributed by atoms with Gasteiger partial charge in [-0.15, -0.1) is 11.3 Å². The van der Waals surface area contributed by atoms with E-state index in [-0.39, 0.29) is 18.2 Å². The molecule has 0 bridgehead atoms. The zero-order valence-corrected chi connectivity index (χ0v) is 17.2. The Balaban J connectivity index is 1.49. The number of nitrogens with one attached hydrogen (secondary N) is 1. The van der Waals surface area contributed by atoms with Gasteiger partial charge in [-0.1, -0.05) is 35.9 Å². The average Bonchev–Trinajstić information content (AvgIpc) is 3.43. The fourth-order valence-corrected chi connectivity index (χ4v) is 4.83. The zero-order valence-electron chi connectivity index (χ0n) is 15.7. The van der Waals surface area contributed by atoms with Crippen molar-refractivity contribution in [2.24, 2.45) is 0 Å². The molecule has 3 heterocycles. The number of anilines is 1. The molecule has 2 aromatic carbocycles. The van der Waals surface area contributed by atoms with Crippen molar-refractivity contribution in [3.05, 3.63) is 70.2 Å². The minimum absolute atomic E-state index is 0.0147. The van der Waals surface area contributed by atoms with Crippen molar-refractivity contribution in [1.82, 2.24) is 9.88 Å². The number of ether oxygens (including phenoxy) is 1. The van der Waals surface area contributed by atoms with E-state index in [0.717, 1.165) is 41.4 Å². The van der Waals surface area contributed by atoms with Gasteiger partial charge in [-0.05, 0) is 37.1 Å². The maximum Gasteiger partial charge on any atom is 0.257 e. The molecule has 1 saturated heterocycles. The number of nitrogens with zero attached hydrogens (tertiary/aromatic N) is 2. The summed E-state index contributed by atoms with van der Waals surface area (Å²) in [4.78, 5) is 20.0. The van der Waals surface area contributed by atoms with E-state index < -0.39 is 0 Å². The van der Waals surface area contributed by atoms with E-state index in [2.05, 4.69) is 5.32 Å². The van der Waals surface area contributed by atoms with E-state index in [1.54, 1.807) is 11.3 Å². The van der Waals surface area contributed by atoms with Gasteiger partial charge in [0.2, 0.25) is 0 Å². The van der Waals surface area contributed by atoms with Gasteiger partial charge in [-0.25, -0.2) is 4.98 Å². The van der Waals surface area contributed by atoms with Gasteiger partial charge >= 0.3 is 0 Å². The Morgan fingerprint density at radius 1 is 1.21 bits per heavy atom. The first-order valence-electron chi connectivity index (χ1n) is 9.68. The largest absolute Gasteiger partial charge is 0.376 e. The molecular weight excluding hydrogens is 406 g/mol. The number of benzene rings is 2. The van der Waals surface area contributed by atoms with E-state index >= 15 is 0 Å². The molecule has 3 aromatic rings. The molecule has 2 aliphatic heterocycles. The summed E-state index contributed by atoms with van der Waals surface area (Å²) < 4.78 is 5.81. The molecule has 0 saturated carbocycles. The van der Waals surface area contributed by atoms with Gasteiger partial charge in [0.15, 0.2) is 0 Å². The highest BCUT2D eigenvalue weighted by Gasteiger charge is 2.36. The first kappa shape index (κ1) is 18.6. The van der Waals surface area contributed by atoms with Gasteiger partial charge in [0.05, 0.1) is 17.4 Å². The standard InChI is InChI=1S/C22H20ClN3O2S/c23-15-9-7-14(8-10-15)21-25-19(13-29-21)20-24-18-6-2-1-5-17(18)22(27)26(20)12-16-4-3-11-28-16/h1-2,5-10,13,16,20,24H,3-4,11-12H2/t16-,20+/m1/s1. The molecule has 148 valence electrons. The number of aromatic nitrogens is 1. The van der Waals surface area contributed by atoms with Crippen LogP contribution in [0.25, 0.3) is 10.6 Å². The molecule has 0 unspecified atom stereocenters. The monoisotopic (exact) mass is 425 g/mol. The molecule has 7 heteroatoms. The zero-order chi connectivity index (χ0) is 19.8. The van der Waals surface area contributed by atoms with E-state index in [1.165, 1.54) is 0 Å². The fourth-order valence-electron chi connectivity index (χ4n) is 3.86. The third-order valence-electron chi connectivity index (χ3n) is 5.34. The molecule has 1 fully saturated rings. The van der Waals surface area contributed by atoms with Crippen molar-refractivity contribution >= 4 is 34.5 Å². The van der Waals surface area contributed by atoms with Crippen LogP contribution in [0.15, 0.2) is 53.9 Å². The second-order valence-electron chi connectivity index (χ2n) is 7.27. The van der Waals surface area contributed by atoms with Gasteiger partial charge in [-0.2, -0.15) is 0 Å². The topological polar surface area (TPSA) is 54.5 Å². The number of carbonyl (C=O) groups excluding carboxylic acids is 1. The molecule has 0 aliphatic carbocycles. The van der Waals surface area contributed by atoms with E-state index in [9.17, 15) is 4.79 Å². The lowest BCUT2D eigenvalue weighted by Crippen LogP contribution is -2.46. The van der Waals surface area contributed by atoms with Gasteiger partial charge < -0.3 is 15.0 Å². The fraction of sp³-hybridized carbons (Fsp3) is 0.273. The van der Waals surface area contributed by atoms with E-state index in [1.807, 2.05) is 58.8 Å². The summed E-state index contributed by atoms with van der Waals surface area (Å²) in [5.74, 6) is 0.0147. The first-order chi connectivity index (χ1) is 14.2. The quantitative estimate of drug-likeness (QED) is 0.623. The minimum atomic E-state index is -0.320. The second-order valence-corrected chi connectivity index (χ2v) is 8.56. The van der Waals surface area contributed by atoms with Crippen molar-refractivity contribution in [2.45, 2.75) is 25.1 Å². The summed E-state index contributed by atoms with van der Waals surface area (Å²) in [6.07, 6.45) is 1.77. The summed E-state index contributed by atoms with van der Waals surface area (Å²) >= 11 is 7.57. The van der Waals surface area contributed by atoms with Gasteiger partial charge in [0.25, 0.3) is 5.91 Å². The molecule has 2 aliphatic rings. The Labute approximate surface area is 178 Å². The number of hydrogen-bond donors (Lipinski definition) is 1. The third kappa shape index (κ3) is 3.64. The molecule has 5 rings (SSSR count). The van der Waals surface area contributed by atoms with Gasteiger partial charge in [-0.3, -0.25) is 4.79 Å². The highest BCUT2D eigenvalue weighted by atomic mass is 35.5. The van der Waals surface area contributed by atoms with Crippen molar-refractivity contribution in [2.75, 3.05) is 18.5 Å². The lowest BCUT2D eigenvalue weighted by atomic mass is 10.1. The second kappa shape index (κ2) is 7.78. The van der Waals surface area contributed by atoms with Crippen molar-refractivity contribution in [3.63, 3.8) is 0 Å². The Kier molecular flexibility index (Phi) is 4.99. The minimum Gasteiger partial charge on any atom is -0.376 e. The normalized spacial score (nSPS) is 21.1. The SMILES string of the molecule is O=C1c2ccccc2N[C@H](c2csc(-c3ccc(Cl)cc3)n2)N1C[C@H]1CCCO1. The molecule has 1 amide bonds. The number of hydrogen-bond acceptors (Lipinski definition) is 5. The van der Waals surface area contributed by atoms with Crippen molar-refractivity contribution < 1.29 is 9.53 Å². The molecule has 0 radical (unpaired) electrons. The summed E-state index contributed by atoms with van der Waals surface area (Å²) in [6.45, 7) is 1.32. The number of para-hydroxylation sites is 1. The molecule has 5 nitrogen and oxygen atoms in total. The Morgan fingerprint density at radius 2 is 2.03 bits per heavy atom. The van der Waals surface area contributed by atoms with Crippen LogP contribution < -0.4 is 5.32 Å².